The summed E-state index contributed by atoms with van der Waals surface area (Å²) < 4.78 is 25.9. The summed E-state index contributed by atoms with van der Waals surface area (Å²) in [5, 5.41) is 8.78. The van der Waals surface area contributed by atoms with Crippen molar-refractivity contribution in [3.63, 3.8) is 0 Å². The number of halogens is 2. The minimum Gasteiger partial charge on any atom is -0.481 e. The number of amides is 1. The number of anilines is 1. The van der Waals surface area contributed by atoms with E-state index in [1.807, 2.05) is 0 Å². The monoisotopic (exact) mass is 241 g/mol. The number of aliphatic carboxylic acids is 1. The molecule has 0 aromatic heterocycles. The minimum atomic E-state index is -1.09. The Balaban J connectivity index is 2.28. The second kappa shape index (κ2) is 4.12. The van der Waals surface area contributed by atoms with Crippen LogP contribution < -0.4 is 4.90 Å². The molecule has 1 unspecified atom stereocenters. The summed E-state index contributed by atoms with van der Waals surface area (Å²) in [6.45, 7) is -0.0585. The lowest BCUT2D eigenvalue weighted by Crippen LogP contribution is -2.25. The highest BCUT2D eigenvalue weighted by atomic mass is 19.1. The molecule has 1 aliphatic rings. The summed E-state index contributed by atoms with van der Waals surface area (Å²) in [5.74, 6) is -3.95. The summed E-state index contributed by atoms with van der Waals surface area (Å²) in [5.41, 5.74) is 0.0521. The van der Waals surface area contributed by atoms with E-state index >= 15 is 0 Å². The summed E-state index contributed by atoms with van der Waals surface area (Å²) in [6, 6.07) is 2.70. The normalized spacial score (nSPS) is 19.8. The van der Waals surface area contributed by atoms with E-state index in [0.717, 1.165) is 17.0 Å². The van der Waals surface area contributed by atoms with Crippen LogP contribution in [0, 0.1) is 17.6 Å². The Morgan fingerprint density at radius 2 is 1.88 bits per heavy atom. The molecule has 1 aromatic carbocycles. The molecule has 6 heteroatoms. The van der Waals surface area contributed by atoms with Crippen molar-refractivity contribution in [3.05, 3.63) is 29.8 Å². The average Bonchev–Trinajstić information content (AvgIpc) is 2.59. The third-order valence-corrected chi connectivity index (χ3v) is 2.63. The number of nitrogens with zero attached hydrogens (tertiary/aromatic N) is 1. The van der Waals surface area contributed by atoms with Gasteiger partial charge < -0.3 is 10.0 Å². The van der Waals surface area contributed by atoms with Gasteiger partial charge in [0.25, 0.3) is 0 Å². The van der Waals surface area contributed by atoms with Crippen LogP contribution in [0.25, 0.3) is 0 Å². The lowest BCUT2D eigenvalue weighted by molar-refractivity contribution is -0.141. The van der Waals surface area contributed by atoms with Gasteiger partial charge in [0.05, 0.1) is 5.92 Å². The molecule has 1 aliphatic heterocycles. The van der Waals surface area contributed by atoms with Gasteiger partial charge >= 0.3 is 5.97 Å². The molecule has 1 heterocycles. The maximum Gasteiger partial charge on any atom is 0.308 e. The second-order valence-corrected chi connectivity index (χ2v) is 3.87. The third-order valence-electron chi connectivity index (χ3n) is 2.63. The number of carbonyl (C=O) groups is 2. The van der Waals surface area contributed by atoms with Crippen molar-refractivity contribution < 1.29 is 23.5 Å². The molecule has 0 radical (unpaired) electrons. The molecule has 17 heavy (non-hydrogen) atoms. The second-order valence-electron chi connectivity index (χ2n) is 3.87. The molecule has 1 atom stereocenters. The average molecular weight is 241 g/mol. The van der Waals surface area contributed by atoms with Crippen molar-refractivity contribution in [1.82, 2.24) is 0 Å². The first-order valence-electron chi connectivity index (χ1n) is 4.96. The van der Waals surface area contributed by atoms with Crippen molar-refractivity contribution >= 4 is 17.6 Å². The molecule has 1 aromatic rings. The van der Waals surface area contributed by atoms with Crippen LogP contribution in [0.1, 0.15) is 6.42 Å². The highest BCUT2D eigenvalue weighted by Gasteiger charge is 2.35. The molecular formula is C11H9F2NO3. The first-order chi connectivity index (χ1) is 7.97. The SMILES string of the molecule is O=C(O)C1CC(=O)N(c2cc(F)cc(F)c2)C1. The minimum absolute atomic E-state index is 0.0521. The highest BCUT2D eigenvalue weighted by Crippen LogP contribution is 2.26. The van der Waals surface area contributed by atoms with Crippen LogP contribution in [0.3, 0.4) is 0 Å². The maximum atomic E-state index is 13.0. The summed E-state index contributed by atoms with van der Waals surface area (Å²) in [4.78, 5) is 23.3. The zero-order chi connectivity index (χ0) is 12.6. The Hall–Kier alpha value is -1.98. The Bertz CT molecular complexity index is 469. The molecule has 1 N–H and O–H groups in total. The number of carboxylic acids is 1. The Morgan fingerprint density at radius 3 is 2.35 bits per heavy atom. The predicted octanol–water partition coefficient (Wildman–Crippen LogP) is 1.40. The molecule has 4 nitrogen and oxygen atoms in total. The molecule has 1 saturated heterocycles. The Labute approximate surface area is 95.5 Å². The van der Waals surface area contributed by atoms with Gasteiger partial charge in [-0.3, -0.25) is 9.59 Å². The third kappa shape index (κ3) is 2.25. The molecule has 0 spiro atoms. The van der Waals surface area contributed by atoms with Crippen molar-refractivity contribution in [2.75, 3.05) is 11.4 Å². The van der Waals surface area contributed by atoms with Crippen molar-refractivity contribution in [2.24, 2.45) is 5.92 Å². The van der Waals surface area contributed by atoms with Crippen molar-refractivity contribution in [2.45, 2.75) is 6.42 Å². The van der Waals surface area contributed by atoms with Gasteiger partial charge in [0.15, 0.2) is 0 Å². The number of benzene rings is 1. The van der Waals surface area contributed by atoms with E-state index in [0.29, 0.717) is 6.07 Å². The van der Waals surface area contributed by atoms with Crippen LogP contribution >= 0.6 is 0 Å². The van der Waals surface area contributed by atoms with E-state index in [9.17, 15) is 18.4 Å². The van der Waals surface area contributed by atoms with Crippen LogP contribution in [0.15, 0.2) is 18.2 Å². The lowest BCUT2D eigenvalue weighted by atomic mass is 10.1. The van der Waals surface area contributed by atoms with Gasteiger partial charge in [0.2, 0.25) is 5.91 Å². The van der Waals surface area contributed by atoms with Crippen LogP contribution in [0.4, 0.5) is 14.5 Å². The standard InChI is InChI=1S/C11H9F2NO3/c12-7-2-8(13)4-9(3-7)14-5-6(11(16)17)1-10(14)15/h2-4,6H,1,5H2,(H,16,17). The molecule has 90 valence electrons. The van der Waals surface area contributed by atoms with Crippen LogP contribution in [-0.4, -0.2) is 23.5 Å². The summed E-state index contributed by atoms with van der Waals surface area (Å²) in [6.07, 6.45) is -0.145. The maximum absolute atomic E-state index is 13.0. The summed E-state index contributed by atoms with van der Waals surface area (Å²) >= 11 is 0. The molecule has 1 amide bonds. The zero-order valence-corrected chi connectivity index (χ0v) is 8.69. The van der Waals surface area contributed by atoms with E-state index in [-0.39, 0.29) is 18.7 Å². The number of rotatable bonds is 2. The zero-order valence-electron chi connectivity index (χ0n) is 8.69. The van der Waals surface area contributed by atoms with Crippen LogP contribution in [0.5, 0.6) is 0 Å². The van der Waals surface area contributed by atoms with Gasteiger partial charge in [-0.25, -0.2) is 8.78 Å². The van der Waals surface area contributed by atoms with E-state index in [1.165, 1.54) is 0 Å². The fourth-order valence-electron chi connectivity index (χ4n) is 1.82. The highest BCUT2D eigenvalue weighted by molar-refractivity contribution is 5.99. The smallest absolute Gasteiger partial charge is 0.308 e. The molecule has 0 saturated carbocycles. The lowest BCUT2D eigenvalue weighted by Gasteiger charge is -2.16. The fourth-order valence-corrected chi connectivity index (χ4v) is 1.82. The van der Waals surface area contributed by atoms with Gasteiger partial charge in [-0.1, -0.05) is 0 Å². The first kappa shape index (κ1) is 11.5. The number of carboxylic acid groups (broad SMARTS) is 1. The first-order valence-corrected chi connectivity index (χ1v) is 4.96. The van der Waals surface area contributed by atoms with Gasteiger partial charge in [0.1, 0.15) is 11.6 Å². The van der Waals surface area contributed by atoms with Crippen molar-refractivity contribution in [3.8, 4) is 0 Å². The van der Waals surface area contributed by atoms with Crippen LogP contribution in [-0.2, 0) is 9.59 Å². The molecule has 0 bridgehead atoms. The molecule has 2 rings (SSSR count). The van der Waals surface area contributed by atoms with Crippen LogP contribution in [0.2, 0.25) is 0 Å². The molecular weight excluding hydrogens is 232 g/mol. The van der Waals surface area contributed by atoms with Gasteiger partial charge in [0, 0.05) is 24.7 Å². The quantitative estimate of drug-likeness (QED) is 0.851. The number of hydrogen-bond donors (Lipinski definition) is 1. The molecule has 0 aliphatic carbocycles. The Kier molecular flexibility index (Phi) is 2.79. The van der Waals surface area contributed by atoms with E-state index < -0.39 is 29.4 Å². The van der Waals surface area contributed by atoms with Gasteiger partial charge in [-0.05, 0) is 12.1 Å². The number of hydrogen-bond acceptors (Lipinski definition) is 2. The van der Waals surface area contributed by atoms with E-state index in [1.54, 1.807) is 0 Å². The predicted molar refractivity (Wildman–Crippen MR) is 54.5 cm³/mol. The van der Waals surface area contributed by atoms with Gasteiger partial charge in [-0.2, -0.15) is 0 Å². The number of carbonyl (C=O) groups excluding carboxylic acids is 1. The van der Waals surface area contributed by atoms with E-state index in [4.69, 9.17) is 5.11 Å². The van der Waals surface area contributed by atoms with Crippen molar-refractivity contribution in [1.29, 1.82) is 0 Å². The largest absolute Gasteiger partial charge is 0.481 e. The Morgan fingerprint density at radius 1 is 1.29 bits per heavy atom. The topological polar surface area (TPSA) is 57.6 Å². The van der Waals surface area contributed by atoms with E-state index in [2.05, 4.69) is 0 Å². The fraction of sp³-hybridized carbons (Fsp3) is 0.273. The van der Waals surface area contributed by atoms with Gasteiger partial charge in [-0.15, -0.1) is 0 Å². The molecule has 1 fully saturated rings. The summed E-state index contributed by atoms with van der Waals surface area (Å²) in [7, 11) is 0.